The summed E-state index contributed by atoms with van der Waals surface area (Å²) in [5.74, 6) is 0. The summed E-state index contributed by atoms with van der Waals surface area (Å²) in [5.41, 5.74) is -2.14. The van der Waals surface area contributed by atoms with Gasteiger partial charge in [-0.25, -0.2) is 13.8 Å². The summed E-state index contributed by atoms with van der Waals surface area (Å²) in [7, 11) is 0. The third-order valence-electron chi connectivity index (χ3n) is 1.56. The van der Waals surface area contributed by atoms with Crippen molar-refractivity contribution in [1.29, 1.82) is 5.26 Å². The monoisotopic (exact) mass is 325 g/mol. The molecule has 1 rings (SSSR count). The summed E-state index contributed by atoms with van der Waals surface area (Å²) in [6, 6.07) is 1.50. The maximum Gasteiger partial charge on any atom is 0.300 e. The maximum atomic E-state index is 12.4. The topological polar surface area (TPSA) is 79.8 Å². The van der Waals surface area contributed by atoms with Crippen LogP contribution in [0.15, 0.2) is 6.20 Å². The van der Waals surface area contributed by atoms with Crippen LogP contribution in [0.4, 0.5) is 14.5 Å². The van der Waals surface area contributed by atoms with Gasteiger partial charge < -0.3 is 0 Å². The van der Waals surface area contributed by atoms with Gasteiger partial charge in [-0.1, -0.05) is 0 Å². The number of hydrogen-bond donors (Lipinski definition) is 0. The predicted molar refractivity (Wildman–Crippen MR) is 53.3 cm³/mol. The van der Waals surface area contributed by atoms with Gasteiger partial charge in [0.2, 0.25) is 0 Å². The molecule has 0 aliphatic heterocycles. The SMILES string of the molecule is N#Cc1c(I)ncc(C(F)F)c1[N+](=O)[O-]. The molecule has 0 saturated carbocycles. The van der Waals surface area contributed by atoms with Crippen molar-refractivity contribution < 1.29 is 13.7 Å². The normalized spacial score (nSPS) is 10.1. The average Bonchev–Trinajstić information content (AvgIpc) is 2.16. The summed E-state index contributed by atoms with van der Waals surface area (Å²) in [4.78, 5) is 13.0. The fraction of sp³-hybridized carbons (Fsp3) is 0.143. The first-order valence-electron chi connectivity index (χ1n) is 3.50. The number of nitriles is 1. The molecule has 0 saturated heterocycles. The molecule has 5 nitrogen and oxygen atoms in total. The molecule has 0 N–H and O–H groups in total. The van der Waals surface area contributed by atoms with E-state index in [0.717, 1.165) is 0 Å². The lowest BCUT2D eigenvalue weighted by Crippen LogP contribution is -2.03. The van der Waals surface area contributed by atoms with E-state index in [0.29, 0.717) is 6.20 Å². The Kier molecular flexibility index (Phi) is 3.46. The second-order valence-corrected chi connectivity index (χ2v) is 3.42. The van der Waals surface area contributed by atoms with Crippen LogP contribution in [0.3, 0.4) is 0 Å². The van der Waals surface area contributed by atoms with E-state index in [2.05, 4.69) is 4.98 Å². The van der Waals surface area contributed by atoms with E-state index in [1.54, 1.807) is 22.6 Å². The van der Waals surface area contributed by atoms with Crippen molar-refractivity contribution in [2.45, 2.75) is 6.43 Å². The van der Waals surface area contributed by atoms with Gasteiger partial charge in [0.15, 0.2) is 5.56 Å². The lowest BCUT2D eigenvalue weighted by atomic mass is 10.1. The molecule has 0 spiro atoms. The Balaban J connectivity index is 3.58. The Labute approximate surface area is 96.0 Å². The van der Waals surface area contributed by atoms with Gasteiger partial charge in [-0.05, 0) is 22.6 Å². The zero-order valence-electron chi connectivity index (χ0n) is 6.95. The zero-order valence-corrected chi connectivity index (χ0v) is 9.10. The predicted octanol–water partition coefficient (Wildman–Crippen LogP) is 2.40. The Morgan fingerprint density at radius 3 is 2.67 bits per heavy atom. The number of halogens is 3. The number of rotatable bonds is 2. The highest BCUT2D eigenvalue weighted by Crippen LogP contribution is 2.32. The van der Waals surface area contributed by atoms with Crippen molar-refractivity contribution in [2.24, 2.45) is 0 Å². The van der Waals surface area contributed by atoms with Gasteiger partial charge in [-0.15, -0.1) is 0 Å². The van der Waals surface area contributed by atoms with Crippen LogP contribution in [-0.2, 0) is 0 Å². The second kappa shape index (κ2) is 4.43. The molecule has 0 aromatic carbocycles. The summed E-state index contributed by atoms with van der Waals surface area (Å²) < 4.78 is 24.8. The molecule has 1 aromatic heterocycles. The Bertz CT molecular complexity index is 458. The molecule has 8 heteroatoms. The largest absolute Gasteiger partial charge is 0.300 e. The van der Waals surface area contributed by atoms with E-state index >= 15 is 0 Å². The number of nitro groups is 1. The van der Waals surface area contributed by atoms with E-state index < -0.39 is 28.2 Å². The molecule has 15 heavy (non-hydrogen) atoms. The van der Waals surface area contributed by atoms with Gasteiger partial charge >= 0.3 is 0 Å². The molecule has 78 valence electrons. The van der Waals surface area contributed by atoms with Crippen LogP contribution in [0.5, 0.6) is 0 Å². The smallest absolute Gasteiger partial charge is 0.258 e. The van der Waals surface area contributed by atoms with Crippen molar-refractivity contribution in [1.82, 2.24) is 4.98 Å². The first kappa shape index (κ1) is 11.7. The van der Waals surface area contributed by atoms with E-state index in [-0.39, 0.29) is 3.70 Å². The highest BCUT2D eigenvalue weighted by Gasteiger charge is 2.28. The molecule has 0 amide bonds. The van der Waals surface area contributed by atoms with Gasteiger partial charge in [0.05, 0.1) is 4.92 Å². The number of pyridine rings is 1. The van der Waals surface area contributed by atoms with Crippen LogP contribution in [0.25, 0.3) is 0 Å². The molecule has 0 bridgehead atoms. The molecule has 0 radical (unpaired) electrons. The second-order valence-electron chi connectivity index (χ2n) is 2.40. The molecular formula is C7H2F2IN3O2. The van der Waals surface area contributed by atoms with Crippen molar-refractivity contribution in [2.75, 3.05) is 0 Å². The first-order valence-corrected chi connectivity index (χ1v) is 4.58. The minimum Gasteiger partial charge on any atom is -0.258 e. The number of nitrogens with zero attached hydrogens (tertiary/aromatic N) is 3. The minimum atomic E-state index is -3.03. The quantitative estimate of drug-likeness (QED) is 0.362. The molecule has 0 atom stereocenters. The molecule has 0 fully saturated rings. The van der Waals surface area contributed by atoms with Crippen LogP contribution in [-0.4, -0.2) is 9.91 Å². The third-order valence-corrected chi connectivity index (χ3v) is 2.38. The van der Waals surface area contributed by atoms with E-state index in [9.17, 15) is 18.9 Å². The molecule has 0 aliphatic rings. The lowest BCUT2D eigenvalue weighted by Gasteiger charge is -2.03. The van der Waals surface area contributed by atoms with Crippen molar-refractivity contribution in [3.63, 3.8) is 0 Å². The number of alkyl halides is 2. The van der Waals surface area contributed by atoms with Crippen molar-refractivity contribution >= 4 is 28.3 Å². The van der Waals surface area contributed by atoms with Crippen LogP contribution < -0.4 is 0 Å². The Morgan fingerprint density at radius 1 is 1.67 bits per heavy atom. The van der Waals surface area contributed by atoms with Crippen LogP contribution in [0, 0.1) is 25.1 Å². The van der Waals surface area contributed by atoms with Crippen LogP contribution in [0.2, 0.25) is 0 Å². The van der Waals surface area contributed by atoms with Gasteiger partial charge in [0.1, 0.15) is 15.3 Å². The van der Waals surface area contributed by atoms with Gasteiger partial charge in [0.25, 0.3) is 12.1 Å². The minimum absolute atomic E-state index is 0.0335. The average molecular weight is 325 g/mol. The summed E-state index contributed by atoms with van der Waals surface area (Å²) in [6.45, 7) is 0. The van der Waals surface area contributed by atoms with Gasteiger partial charge in [0, 0.05) is 6.20 Å². The summed E-state index contributed by atoms with van der Waals surface area (Å²) in [6.07, 6.45) is -2.31. The summed E-state index contributed by atoms with van der Waals surface area (Å²) >= 11 is 1.58. The third kappa shape index (κ3) is 2.17. The standard InChI is InChI=1S/C7H2F2IN3O2/c8-6(9)4-2-12-7(10)3(1-11)5(4)13(14)15/h2,6H. The lowest BCUT2D eigenvalue weighted by molar-refractivity contribution is -0.386. The molecule has 0 unspecified atom stereocenters. The maximum absolute atomic E-state index is 12.4. The molecule has 0 aliphatic carbocycles. The molecule has 1 aromatic rings. The summed E-state index contributed by atoms with van der Waals surface area (Å²) in [5, 5.41) is 19.2. The molecular weight excluding hydrogens is 323 g/mol. The van der Waals surface area contributed by atoms with E-state index in [1.807, 2.05) is 0 Å². The van der Waals surface area contributed by atoms with Crippen molar-refractivity contribution in [3.05, 3.63) is 31.1 Å². The Hall–Kier alpha value is -1.37. The van der Waals surface area contributed by atoms with E-state index in [1.165, 1.54) is 6.07 Å². The van der Waals surface area contributed by atoms with Crippen LogP contribution >= 0.6 is 22.6 Å². The Morgan fingerprint density at radius 2 is 2.27 bits per heavy atom. The fourth-order valence-electron chi connectivity index (χ4n) is 0.949. The van der Waals surface area contributed by atoms with Crippen LogP contribution in [0.1, 0.15) is 17.6 Å². The highest BCUT2D eigenvalue weighted by atomic mass is 127. The van der Waals surface area contributed by atoms with Gasteiger partial charge in [-0.2, -0.15) is 5.26 Å². The van der Waals surface area contributed by atoms with Gasteiger partial charge in [-0.3, -0.25) is 10.1 Å². The highest BCUT2D eigenvalue weighted by molar-refractivity contribution is 14.1. The number of hydrogen-bond acceptors (Lipinski definition) is 4. The van der Waals surface area contributed by atoms with Crippen molar-refractivity contribution in [3.8, 4) is 6.07 Å². The number of aromatic nitrogens is 1. The molecule has 1 heterocycles. The van der Waals surface area contributed by atoms with E-state index in [4.69, 9.17) is 5.26 Å². The zero-order chi connectivity index (χ0) is 11.6. The fourth-order valence-corrected chi connectivity index (χ4v) is 1.46. The first-order chi connectivity index (χ1) is 6.99.